The lowest BCUT2D eigenvalue weighted by Crippen LogP contribution is -2.12. The Morgan fingerprint density at radius 3 is 2.53 bits per heavy atom. The summed E-state index contributed by atoms with van der Waals surface area (Å²) in [6, 6.07) is 13.5. The van der Waals surface area contributed by atoms with Crippen molar-refractivity contribution in [3.05, 3.63) is 81.4 Å². The molecule has 2 aromatic heterocycles. The van der Waals surface area contributed by atoms with Crippen LogP contribution in [0, 0.1) is 6.92 Å². The molecule has 2 heterocycles. The van der Waals surface area contributed by atoms with E-state index in [0.29, 0.717) is 39.6 Å². The van der Waals surface area contributed by atoms with Gasteiger partial charge in [0.05, 0.1) is 0 Å². The summed E-state index contributed by atoms with van der Waals surface area (Å²) in [6.07, 6.45) is 0.604. The Morgan fingerprint density at radius 2 is 1.83 bits per heavy atom. The highest BCUT2D eigenvalue weighted by atomic mass is 35.5. The third-order valence-electron chi connectivity index (χ3n) is 4.66. The maximum absolute atomic E-state index is 12.8. The molecule has 0 saturated carbocycles. The normalized spacial score (nSPS) is 11.0. The minimum absolute atomic E-state index is 0.180. The van der Waals surface area contributed by atoms with Crippen LogP contribution in [0.5, 0.6) is 0 Å². The van der Waals surface area contributed by atoms with E-state index in [1.165, 1.54) is 0 Å². The molecule has 0 unspecified atom stereocenters. The molecule has 4 aromatic rings. The molecule has 4 rings (SSSR count). The van der Waals surface area contributed by atoms with Crippen LogP contribution in [-0.2, 0) is 11.2 Å². The first-order valence-electron chi connectivity index (χ1n) is 9.15. The van der Waals surface area contributed by atoms with Crippen molar-refractivity contribution in [2.24, 2.45) is 0 Å². The second-order valence-electron chi connectivity index (χ2n) is 6.77. The van der Waals surface area contributed by atoms with Crippen LogP contribution in [0.2, 0.25) is 10.2 Å². The number of aromatic nitrogens is 1. The fraction of sp³-hybridized carbons (Fsp3) is 0.136. The van der Waals surface area contributed by atoms with Crippen molar-refractivity contribution >= 4 is 51.5 Å². The van der Waals surface area contributed by atoms with Crippen LogP contribution >= 0.6 is 23.2 Å². The molecule has 0 aliphatic heterocycles. The Bertz CT molecular complexity index is 1240. The van der Waals surface area contributed by atoms with E-state index >= 15 is 0 Å². The van der Waals surface area contributed by atoms with E-state index in [2.05, 4.69) is 10.5 Å². The summed E-state index contributed by atoms with van der Waals surface area (Å²) in [5, 5.41) is 7.99. The molecule has 0 aliphatic rings. The molecule has 0 fully saturated rings. The van der Waals surface area contributed by atoms with Crippen molar-refractivity contribution in [2.45, 2.75) is 19.8 Å². The van der Waals surface area contributed by atoms with Crippen molar-refractivity contribution in [1.29, 1.82) is 0 Å². The van der Waals surface area contributed by atoms with Gasteiger partial charge in [0.15, 0.2) is 10.9 Å². The highest BCUT2D eigenvalue weighted by molar-refractivity contribution is 6.30. The quantitative estimate of drug-likeness (QED) is 0.379. The molecule has 30 heavy (non-hydrogen) atoms. The molecule has 6 nitrogen and oxygen atoms in total. The predicted molar refractivity (Wildman–Crippen MR) is 114 cm³/mol. The Hall–Kier alpha value is -3.09. The van der Waals surface area contributed by atoms with Crippen LogP contribution in [0.4, 0.5) is 5.69 Å². The molecule has 0 aliphatic carbocycles. The minimum atomic E-state index is -0.225. The predicted octanol–water partition coefficient (Wildman–Crippen LogP) is 5.84. The second kappa shape index (κ2) is 8.34. The van der Waals surface area contributed by atoms with Gasteiger partial charge in [-0.1, -0.05) is 28.4 Å². The van der Waals surface area contributed by atoms with Gasteiger partial charge in [0.1, 0.15) is 11.3 Å². The number of benzene rings is 2. The summed E-state index contributed by atoms with van der Waals surface area (Å²) < 4.78 is 10.8. The number of ketones is 1. The van der Waals surface area contributed by atoms with Crippen LogP contribution in [0.15, 0.2) is 57.5 Å². The fourth-order valence-electron chi connectivity index (χ4n) is 3.11. The summed E-state index contributed by atoms with van der Waals surface area (Å²) in [6.45, 7) is 1.81. The molecule has 1 amide bonds. The molecule has 152 valence electrons. The average Bonchev–Trinajstić information content (AvgIpc) is 3.29. The van der Waals surface area contributed by atoms with E-state index < -0.39 is 0 Å². The Morgan fingerprint density at radius 1 is 1.07 bits per heavy atom. The van der Waals surface area contributed by atoms with E-state index in [9.17, 15) is 9.59 Å². The highest BCUT2D eigenvalue weighted by Crippen LogP contribution is 2.30. The van der Waals surface area contributed by atoms with Crippen molar-refractivity contribution < 1.29 is 18.5 Å². The topological polar surface area (TPSA) is 85.3 Å². The largest absolute Gasteiger partial charge is 0.452 e. The molecule has 1 N–H and O–H groups in total. The number of fused-ring (bicyclic) bond motifs is 1. The number of hydrogen-bond donors (Lipinski definition) is 1. The first-order valence-corrected chi connectivity index (χ1v) is 9.90. The number of rotatable bonds is 6. The summed E-state index contributed by atoms with van der Waals surface area (Å²) in [5.41, 5.74) is 2.37. The van der Waals surface area contributed by atoms with Gasteiger partial charge in [0.2, 0.25) is 11.7 Å². The molecule has 2 aromatic carbocycles. The van der Waals surface area contributed by atoms with Gasteiger partial charge in [-0.05, 0) is 49.4 Å². The van der Waals surface area contributed by atoms with Crippen LogP contribution < -0.4 is 5.32 Å². The van der Waals surface area contributed by atoms with Gasteiger partial charge in [-0.25, -0.2) is 0 Å². The number of carbonyl (C=O) groups is 2. The minimum Gasteiger partial charge on any atom is -0.452 e. The SMILES string of the molecule is Cc1c(C(=O)c2ccc(Cl)cc2)oc2ccc(NC(=O)CCc3cc(Cl)no3)cc12. The smallest absolute Gasteiger partial charge is 0.228 e. The summed E-state index contributed by atoms with van der Waals surface area (Å²) >= 11 is 11.6. The lowest BCUT2D eigenvalue weighted by atomic mass is 10.0. The Kier molecular flexibility index (Phi) is 5.61. The number of nitrogens with one attached hydrogen (secondary N) is 1. The van der Waals surface area contributed by atoms with E-state index in [-0.39, 0.29) is 29.0 Å². The van der Waals surface area contributed by atoms with E-state index in [1.54, 1.807) is 48.5 Å². The number of anilines is 1. The number of amides is 1. The zero-order chi connectivity index (χ0) is 21.3. The fourth-order valence-corrected chi connectivity index (χ4v) is 3.40. The number of nitrogens with zero attached hydrogens (tertiary/aromatic N) is 1. The Balaban J connectivity index is 1.51. The van der Waals surface area contributed by atoms with Gasteiger partial charge in [0.25, 0.3) is 0 Å². The molecular weight excluding hydrogens is 427 g/mol. The van der Waals surface area contributed by atoms with Gasteiger partial charge < -0.3 is 14.3 Å². The van der Waals surface area contributed by atoms with Crippen molar-refractivity contribution in [2.75, 3.05) is 5.32 Å². The van der Waals surface area contributed by atoms with Gasteiger partial charge in [-0.15, -0.1) is 0 Å². The van der Waals surface area contributed by atoms with E-state index in [0.717, 1.165) is 5.39 Å². The summed E-state index contributed by atoms with van der Waals surface area (Å²) in [7, 11) is 0. The van der Waals surface area contributed by atoms with E-state index in [1.807, 2.05) is 6.92 Å². The standard InChI is InChI=1S/C22H16Cl2N2O4/c1-12-17-10-15(25-20(27)9-7-16-11-19(24)26-30-16)6-8-18(17)29-22(12)21(28)13-2-4-14(23)5-3-13/h2-6,8,10-11H,7,9H2,1H3,(H,25,27). The van der Waals surface area contributed by atoms with Crippen molar-refractivity contribution in [1.82, 2.24) is 5.16 Å². The molecule has 0 saturated heterocycles. The number of hydrogen-bond acceptors (Lipinski definition) is 5. The lowest BCUT2D eigenvalue weighted by Gasteiger charge is -2.04. The molecule has 8 heteroatoms. The monoisotopic (exact) mass is 442 g/mol. The number of aryl methyl sites for hydroxylation is 2. The zero-order valence-corrected chi connectivity index (χ0v) is 17.4. The number of carbonyl (C=O) groups excluding carboxylic acids is 2. The van der Waals surface area contributed by atoms with Crippen molar-refractivity contribution in [3.8, 4) is 0 Å². The molecule has 0 radical (unpaired) electrons. The number of furan rings is 1. The van der Waals surface area contributed by atoms with Crippen molar-refractivity contribution in [3.63, 3.8) is 0 Å². The maximum atomic E-state index is 12.8. The third-order valence-corrected chi connectivity index (χ3v) is 5.09. The molecule has 0 atom stereocenters. The van der Waals surface area contributed by atoms with Crippen LogP contribution in [0.3, 0.4) is 0 Å². The van der Waals surface area contributed by atoms with Crippen LogP contribution in [0.25, 0.3) is 11.0 Å². The lowest BCUT2D eigenvalue weighted by molar-refractivity contribution is -0.116. The van der Waals surface area contributed by atoms with E-state index in [4.69, 9.17) is 32.1 Å². The molecule has 0 bridgehead atoms. The maximum Gasteiger partial charge on any atom is 0.228 e. The summed E-state index contributed by atoms with van der Waals surface area (Å²) in [4.78, 5) is 25.0. The van der Waals surface area contributed by atoms with Gasteiger partial charge in [-0.2, -0.15) is 0 Å². The average molecular weight is 443 g/mol. The van der Waals surface area contributed by atoms with Gasteiger partial charge >= 0.3 is 0 Å². The van der Waals surface area contributed by atoms with Gasteiger partial charge in [0, 0.05) is 46.1 Å². The highest BCUT2D eigenvalue weighted by Gasteiger charge is 2.19. The van der Waals surface area contributed by atoms with Gasteiger partial charge in [-0.3, -0.25) is 9.59 Å². The second-order valence-corrected chi connectivity index (χ2v) is 7.59. The molecule has 0 spiro atoms. The Labute approximate surface area is 181 Å². The first kappa shape index (κ1) is 20.2. The van der Waals surface area contributed by atoms with Crippen LogP contribution in [0.1, 0.15) is 33.9 Å². The first-order chi connectivity index (χ1) is 14.4. The molecular formula is C22H16Cl2N2O4. The summed E-state index contributed by atoms with van der Waals surface area (Å²) in [5.74, 6) is 0.400. The number of halogens is 2. The van der Waals surface area contributed by atoms with Crippen LogP contribution in [-0.4, -0.2) is 16.8 Å². The zero-order valence-electron chi connectivity index (χ0n) is 15.9. The third kappa shape index (κ3) is 4.25.